The van der Waals surface area contributed by atoms with Crippen LogP contribution in [0.2, 0.25) is 22.2 Å². The second-order valence-electron chi connectivity index (χ2n) is 12.2. The Labute approximate surface area is 256 Å². The number of nitrogens with zero attached hydrogens (tertiary/aromatic N) is 3. The number of hydrogen-bond acceptors (Lipinski definition) is 11. The second-order valence-corrected chi connectivity index (χ2v) is 21.0. The lowest BCUT2D eigenvalue weighted by Gasteiger charge is -2.51. The number of rotatable bonds is 13. The summed E-state index contributed by atoms with van der Waals surface area (Å²) >= 11 is 0. The first-order valence-corrected chi connectivity index (χ1v) is 18.9. The predicted octanol–water partition coefficient (Wildman–Crippen LogP) is 4.30. The van der Waals surface area contributed by atoms with Crippen LogP contribution >= 0.6 is 0 Å². The summed E-state index contributed by atoms with van der Waals surface area (Å²) in [4.78, 5) is 28.7. The van der Waals surface area contributed by atoms with E-state index in [1.165, 1.54) is 23.8 Å². The highest BCUT2D eigenvalue weighted by atomic mass is 28.5. The fourth-order valence-corrected chi connectivity index (χ4v) is 17.0. The minimum Gasteiger partial charge on any atom is -0.414 e. The number of hydrogen-bond donors (Lipinski definition) is 1. The summed E-state index contributed by atoms with van der Waals surface area (Å²) in [5.41, 5.74) is -0.163. The zero-order valence-corrected chi connectivity index (χ0v) is 28.8. The number of aromatic nitrogens is 2. The molecule has 2 fully saturated rings. The van der Waals surface area contributed by atoms with Crippen LogP contribution in [0.5, 0.6) is 0 Å². The topological polar surface area (TPSA) is 152 Å². The van der Waals surface area contributed by atoms with Crippen molar-refractivity contribution in [2.45, 2.75) is 115 Å². The van der Waals surface area contributed by atoms with E-state index < -0.39 is 47.4 Å². The Hall–Kier alpha value is -2.01. The lowest BCUT2D eigenvalue weighted by Crippen LogP contribution is -2.66. The van der Waals surface area contributed by atoms with Gasteiger partial charge in [-0.2, -0.15) is 10.2 Å². The molecule has 2 saturated heterocycles. The van der Waals surface area contributed by atoms with E-state index in [9.17, 15) is 9.59 Å². The molecule has 0 spiro atoms. The monoisotopic (exact) mass is 640 g/mol. The van der Waals surface area contributed by atoms with Crippen molar-refractivity contribution in [2.24, 2.45) is 0 Å². The molecule has 2 aliphatic rings. The summed E-state index contributed by atoms with van der Waals surface area (Å²) in [6.07, 6.45) is -1.16. The molecule has 3 rings (SSSR count). The molecule has 1 amide bonds. The van der Waals surface area contributed by atoms with E-state index in [2.05, 4.69) is 65.7 Å². The van der Waals surface area contributed by atoms with Crippen LogP contribution in [0.25, 0.3) is 0 Å². The Morgan fingerprint density at radius 2 is 1.74 bits per heavy atom. The van der Waals surface area contributed by atoms with Gasteiger partial charge >= 0.3 is 22.8 Å². The van der Waals surface area contributed by atoms with E-state index in [0.717, 1.165) is 0 Å². The number of ether oxygens (including phenoxy) is 4. The number of anilines is 1. The van der Waals surface area contributed by atoms with Crippen LogP contribution in [0.3, 0.4) is 0 Å². The van der Waals surface area contributed by atoms with E-state index >= 15 is 0 Å². The maximum atomic E-state index is 13.2. The molecule has 43 heavy (non-hydrogen) atoms. The van der Waals surface area contributed by atoms with Crippen LogP contribution in [-0.2, 0) is 36.7 Å². The first-order valence-electron chi connectivity index (χ1n) is 15.0. The maximum Gasteiger partial charge on any atom is 0.351 e. The van der Waals surface area contributed by atoms with Crippen molar-refractivity contribution >= 4 is 28.8 Å². The molecule has 242 valence electrons. The molecule has 1 aromatic heterocycles. The van der Waals surface area contributed by atoms with Gasteiger partial charge in [0.05, 0.1) is 25.7 Å². The van der Waals surface area contributed by atoms with Gasteiger partial charge in [0.15, 0.2) is 6.23 Å². The molecule has 0 aliphatic carbocycles. The van der Waals surface area contributed by atoms with Crippen molar-refractivity contribution in [2.75, 3.05) is 32.1 Å². The molecule has 0 bridgehead atoms. The van der Waals surface area contributed by atoms with Gasteiger partial charge in [0, 0.05) is 13.1 Å². The van der Waals surface area contributed by atoms with Gasteiger partial charge < -0.3 is 37.2 Å². The number of nitriles is 1. The van der Waals surface area contributed by atoms with Gasteiger partial charge in [-0.25, -0.2) is 4.79 Å². The van der Waals surface area contributed by atoms with Gasteiger partial charge in [0.1, 0.15) is 37.7 Å². The van der Waals surface area contributed by atoms with Crippen molar-refractivity contribution in [3.8, 4) is 6.07 Å². The van der Waals surface area contributed by atoms with Gasteiger partial charge in [0.2, 0.25) is 5.91 Å². The van der Waals surface area contributed by atoms with E-state index in [1.807, 2.05) is 6.07 Å². The largest absolute Gasteiger partial charge is 0.414 e. The molecular weight excluding hydrogens is 592 g/mol. The summed E-state index contributed by atoms with van der Waals surface area (Å²) in [6, 6.07) is 3.54. The van der Waals surface area contributed by atoms with E-state index in [1.54, 1.807) is 0 Å². The average molecular weight is 641 g/mol. The third kappa shape index (κ3) is 7.99. The lowest BCUT2D eigenvalue weighted by atomic mass is 10.1. The Kier molecular flexibility index (Phi) is 12.6. The van der Waals surface area contributed by atoms with Crippen LogP contribution in [0.4, 0.5) is 5.82 Å². The fraction of sp³-hybridized carbons (Fsp3) is 0.786. The highest BCUT2D eigenvalue weighted by Crippen LogP contribution is 2.48. The Balaban J connectivity index is 2.03. The quantitative estimate of drug-likeness (QED) is 0.187. The summed E-state index contributed by atoms with van der Waals surface area (Å²) in [5.74, 6) is -0.204. The third-order valence-electron chi connectivity index (χ3n) is 7.89. The third-order valence-corrected chi connectivity index (χ3v) is 18.1. The molecule has 0 aromatic carbocycles. The van der Waals surface area contributed by atoms with Crippen molar-refractivity contribution in [3.05, 3.63) is 22.7 Å². The molecule has 0 saturated carbocycles. The summed E-state index contributed by atoms with van der Waals surface area (Å²) in [5, 5.41) is 11.2. The minimum atomic E-state index is -3.02. The van der Waals surface area contributed by atoms with Crippen LogP contribution in [0, 0.1) is 11.3 Å². The lowest BCUT2D eigenvalue weighted by molar-refractivity contribution is -0.175. The van der Waals surface area contributed by atoms with Gasteiger partial charge in [-0.1, -0.05) is 55.4 Å². The first kappa shape index (κ1) is 35.5. The molecule has 1 unspecified atom stereocenters. The number of fused-ring (bicyclic) bond motifs is 1. The number of carbonyl (C=O) groups excluding carboxylic acids is 1. The molecular formula is C28H48N4O9Si2. The maximum absolute atomic E-state index is 13.2. The van der Waals surface area contributed by atoms with Crippen LogP contribution in [-0.4, -0.2) is 77.7 Å². The molecule has 2 aliphatic heterocycles. The summed E-state index contributed by atoms with van der Waals surface area (Å²) in [7, 11) is -5.83. The molecule has 15 heteroatoms. The van der Waals surface area contributed by atoms with Gasteiger partial charge in [-0.15, -0.1) is 0 Å². The molecule has 13 nitrogen and oxygen atoms in total. The zero-order chi connectivity index (χ0) is 31.9. The minimum absolute atomic E-state index is 0.0679. The number of amides is 1. The van der Waals surface area contributed by atoms with Crippen molar-refractivity contribution < 1.29 is 36.7 Å². The summed E-state index contributed by atoms with van der Waals surface area (Å²) < 4.78 is 46.3. The fourth-order valence-electron chi connectivity index (χ4n) is 5.78. The smallest absolute Gasteiger partial charge is 0.351 e. The highest BCUT2D eigenvalue weighted by Gasteiger charge is 2.62. The molecule has 4 atom stereocenters. The number of nitrogens with one attached hydrogen (secondary N) is 1. The van der Waals surface area contributed by atoms with E-state index in [-0.39, 0.29) is 67.1 Å². The molecule has 1 aromatic rings. The second kappa shape index (κ2) is 15.3. The van der Waals surface area contributed by atoms with Crippen molar-refractivity contribution in [1.29, 1.82) is 5.26 Å². The Morgan fingerprint density at radius 1 is 1.09 bits per heavy atom. The van der Waals surface area contributed by atoms with Crippen molar-refractivity contribution in [1.82, 2.24) is 9.55 Å². The van der Waals surface area contributed by atoms with Gasteiger partial charge in [-0.3, -0.25) is 9.36 Å². The Morgan fingerprint density at radius 3 is 2.30 bits per heavy atom. The zero-order valence-electron chi connectivity index (χ0n) is 26.8. The molecule has 0 radical (unpaired) electrons. The highest BCUT2D eigenvalue weighted by molar-refractivity contribution is 6.84. The average Bonchev–Trinajstić information content (AvgIpc) is 3.23. The number of carbonyl (C=O) groups is 1. The van der Waals surface area contributed by atoms with Crippen molar-refractivity contribution in [3.63, 3.8) is 0 Å². The molecule has 3 heterocycles. The van der Waals surface area contributed by atoms with E-state index in [0.29, 0.717) is 0 Å². The van der Waals surface area contributed by atoms with Crippen LogP contribution in [0.1, 0.15) is 75.0 Å². The first-order chi connectivity index (χ1) is 20.3. The van der Waals surface area contributed by atoms with Gasteiger partial charge in [0.25, 0.3) is 0 Å². The predicted molar refractivity (Wildman–Crippen MR) is 162 cm³/mol. The van der Waals surface area contributed by atoms with Crippen LogP contribution in [0.15, 0.2) is 17.1 Å². The van der Waals surface area contributed by atoms with E-state index in [4.69, 9.17) is 37.2 Å². The van der Waals surface area contributed by atoms with Gasteiger partial charge in [-0.05, 0) is 28.2 Å². The van der Waals surface area contributed by atoms with Crippen LogP contribution < -0.4 is 11.0 Å². The standard InChI is InChI=1S/C28H48N4O9Si2/c1-18(2)42(19(3)4)38-15-23-25(40-43(41-42,20(5)6)21(7)8)26(37-17-36-16-35-14-10-12-29)27(39-23)32-13-11-24(30-22(9)33)31-28(32)34/h11,13,18-21,23,25-27H,10,14-17H2,1-9H3,(H,30,31,33,34)/t23-,25+,26?,27-/m1/s1. The Bertz CT molecular complexity index is 1160. The molecule has 1 N–H and O–H groups in total. The SMILES string of the molecule is CC(=O)Nc1ccn([C@@H]2O[C@@H]3CO[Si](C(C)C)(C(C)C)O[Si](C(C)C)(C(C)C)O[C@@H]3C2OCOCOCCC#N)c(=O)n1. The normalized spacial score (nSPS) is 25.0. The summed E-state index contributed by atoms with van der Waals surface area (Å²) in [6.45, 7) is 18.6.